The van der Waals surface area contributed by atoms with Crippen LogP contribution < -0.4 is 5.30 Å². The molecule has 0 saturated carbocycles. The summed E-state index contributed by atoms with van der Waals surface area (Å²) in [6.45, 7) is 8.95. The van der Waals surface area contributed by atoms with Crippen molar-refractivity contribution in [2.75, 3.05) is 20.2 Å². The van der Waals surface area contributed by atoms with E-state index in [0.29, 0.717) is 13.2 Å². The second-order valence-corrected chi connectivity index (χ2v) is 5.31. The molecule has 114 valence electrons. The fourth-order valence-electron chi connectivity index (χ4n) is 1.57. The molecule has 1 unspecified atom stereocenters. The lowest BCUT2D eigenvalue weighted by molar-refractivity contribution is -0.163. The van der Waals surface area contributed by atoms with Crippen LogP contribution in [0.1, 0.15) is 27.7 Å². The first-order valence-electron chi connectivity index (χ1n) is 6.73. The van der Waals surface area contributed by atoms with E-state index in [-0.39, 0.29) is 11.7 Å². The summed E-state index contributed by atoms with van der Waals surface area (Å²) in [7, 11) is 4.22. The van der Waals surface area contributed by atoms with Gasteiger partial charge in [0.1, 0.15) is 11.4 Å². The van der Waals surface area contributed by atoms with Crippen molar-refractivity contribution >= 4 is 20.5 Å². The van der Waals surface area contributed by atoms with Crippen LogP contribution in [-0.2, 0) is 9.53 Å². The van der Waals surface area contributed by atoms with Gasteiger partial charge in [-0.05, 0) is 31.3 Å². The second kappa shape index (κ2) is 9.04. The third-order valence-electron chi connectivity index (χ3n) is 2.60. The molecule has 1 fully saturated rings. The molecule has 1 heterocycles. The summed E-state index contributed by atoms with van der Waals surface area (Å²) >= 11 is 0. The molecule has 1 aliphatic heterocycles. The predicted octanol–water partition coefficient (Wildman–Crippen LogP) is 2.61. The van der Waals surface area contributed by atoms with Crippen molar-refractivity contribution in [3.05, 3.63) is 30.1 Å². The Morgan fingerprint density at radius 2 is 1.95 bits per heavy atom. The molecule has 0 aromatic heterocycles. The third-order valence-corrected chi connectivity index (χ3v) is 2.96. The Balaban J connectivity index is 0.000000327. The van der Waals surface area contributed by atoms with Crippen LogP contribution in [0.2, 0.25) is 0 Å². The molecule has 3 nitrogen and oxygen atoms in total. The summed E-state index contributed by atoms with van der Waals surface area (Å²) in [5.41, 5.74) is -0.604. The largest absolute Gasteiger partial charge is 0.364 e. The van der Waals surface area contributed by atoms with Crippen molar-refractivity contribution in [2.24, 2.45) is 0 Å². The maximum absolute atomic E-state index is 12.2. The van der Waals surface area contributed by atoms with Gasteiger partial charge < -0.3 is 9.64 Å². The topological polar surface area (TPSA) is 29.5 Å². The number of halogens is 1. The Morgan fingerprint density at radius 3 is 2.30 bits per heavy atom. The van der Waals surface area contributed by atoms with Crippen LogP contribution in [0.15, 0.2) is 24.3 Å². The van der Waals surface area contributed by atoms with Crippen molar-refractivity contribution in [3.63, 3.8) is 0 Å². The Labute approximate surface area is 123 Å². The van der Waals surface area contributed by atoms with Gasteiger partial charge in [-0.1, -0.05) is 26.0 Å². The molecule has 20 heavy (non-hydrogen) atoms. The molecular formula is C15H25FNO2P. The highest BCUT2D eigenvalue weighted by Gasteiger charge is 2.34. The molecule has 0 spiro atoms. The van der Waals surface area contributed by atoms with E-state index in [1.807, 2.05) is 19.9 Å². The average molecular weight is 301 g/mol. The summed E-state index contributed by atoms with van der Waals surface area (Å²) in [6, 6.07) is 6.39. The highest BCUT2D eigenvalue weighted by atomic mass is 31.0. The highest BCUT2D eigenvalue weighted by molar-refractivity contribution is 7.27. The molecular weight excluding hydrogens is 276 g/mol. The van der Waals surface area contributed by atoms with E-state index in [1.165, 1.54) is 12.1 Å². The van der Waals surface area contributed by atoms with E-state index >= 15 is 0 Å². The van der Waals surface area contributed by atoms with E-state index in [1.54, 1.807) is 31.9 Å². The molecule has 1 aromatic carbocycles. The Bertz CT molecular complexity index is 407. The summed E-state index contributed by atoms with van der Waals surface area (Å²) in [6.07, 6.45) is 0. The zero-order valence-electron chi connectivity index (χ0n) is 12.9. The van der Waals surface area contributed by atoms with Crippen LogP contribution in [0.3, 0.4) is 0 Å². The average Bonchev–Trinajstić information content (AvgIpc) is 2.39. The zero-order valence-corrected chi connectivity index (χ0v) is 14.1. The molecule has 0 bridgehead atoms. The lowest BCUT2D eigenvalue weighted by Gasteiger charge is -2.34. The zero-order chi connectivity index (χ0) is 15.8. The van der Waals surface area contributed by atoms with Gasteiger partial charge in [-0.15, -0.1) is 9.24 Å². The van der Waals surface area contributed by atoms with Gasteiger partial charge in [-0.25, -0.2) is 4.39 Å². The van der Waals surface area contributed by atoms with E-state index in [4.69, 9.17) is 4.74 Å². The lowest BCUT2D eigenvalue weighted by Crippen LogP contribution is -2.51. The summed E-state index contributed by atoms with van der Waals surface area (Å²) in [4.78, 5) is 12.9. The molecule has 5 heteroatoms. The van der Waals surface area contributed by atoms with Crippen molar-refractivity contribution in [1.82, 2.24) is 4.90 Å². The van der Waals surface area contributed by atoms with E-state index in [0.717, 1.165) is 5.30 Å². The molecule has 1 amide bonds. The first kappa shape index (κ1) is 19.0. The predicted molar refractivity (Wildman–Crippen MR) is 84.8 cm³/mol. The van der Waals surface area contributed by atoms with E-state index in [9.17, 15) is 9.18 Å². The molecule has 0 N–H and O–H groups in total. The molecule has 1 aliphatic rings. The quantitative estimate of drug-likeness (QED) is 0.689. The molecule has 1 saturated heterocycles. The highest BCUT2D eigenvalue weighted by Crippen LogP contribution is 2.16. The number of carbonyl (C=O) groups excluding carboxylic acids is 1. The maximum Gasteiger partial charge on any atom is 0.254 e. The van der Waals surface area contributed by atoms with Gasteiger partial charge in [0, 0.05) is 13.6 Å². The number of morpholine rings is 1. The fourth-order valence-corrected chi connectivity index (χ4v) is 1.84. The minimum Gasteiger partial charge on any atom is -0.364 e. The van der Waals surface area contributed by atoms with Crippen molar-refractivity contribution in [1.29, 1.82) is 0 Å². The first-order chi connectivity index (χ1) is 9.33. The number of benzene rings is 1. The number of hydrogen-bond acceptors (Lipinski definition) is 2. The maximum atomic E-state index is 12.2. The SMILES string of the molecule is CC.CN1CCOC(C)(C)C1=O.Fc1cccc(P)c1. The number of hydrogen-bond donors (Lipinski definition) is 0. The van der Waals surface area contributed by atoms with Crippen LogP contribution in [-0.4, -0.2) is 36.6 Å². The van der Waals surface area contributed by atoms with Crippen LogP contribution in [0.25, 0.3) is 0 Å². The van der Waals surface area contributed by atoms with E-state index < -0.39 is 5.60 Å². The van der Waals surface area contributed by atoms with Crippen molar-refractivity contribution < 1.29 is 13.9 Å². The van der Waals surface area contributed by atoms with Gasteiger partial charge in [-0.3, -0.25) is 4.79 Å². The number of carbonyl (C=O) groups is 1. The summed E-state index contributed by atoms with van der Waals surface area (Å²) in [5.74, 6) is -0.115. The van der Waals surface area contributed by atoms with Gasteiger partial charge in [0.15, 0.2) is 0 Å². The minimum absolute atomic E-state index is 0.0683. The monoisotopic (exact) mass is 301 g/mol. The van der Waals surface area contributed by atoms with Gasteiger partial charge in [0.25, 0.3) is 5.91 Å². The van der Waals surface area contributed by atoms with Gasteiger partial charge in [0.05, 0.1) is 6.61 Å². The third kappa shape index (κ3) is 6.44. The lowest BCUT2D eigenvalue weighted by atomic mass is 10.1. The summed E-state index contributed by atoms with van der Waals surface area (Å²) in [5, 5.41) is 0.880. The van der Waals surface area contributed by atoms with Crippen LogP contribution >= 0.6 is 9.24 Å². The Hall–Kier alpha value is -0.990. The number of ether oxygens (including phenoxy) is 1. The number of nitrogens with zero attached hydrogens (tertiary/aromatic N) is 1. The Kier molecular flexibility index (Phi) is 8.59. The van der Waals surface area contributed by atoms with Crippen LogP contribution in [0.4, 0.5) is 4.39 Å². The fraction of sp³-hybridized carbons (Fsp3) is 0.533. The van der Waals surface area contributed by atoms with Gasteiger partial charge >= 0.3 is 0 Å². The smallest absolute Gasteiger partial charge is 0.254 e. The minimum atomic E-state index is -0.604. The number of likely N-dealkylation sites (N-methyl/N-ethyl adjacent to an activating group) is 1. The number of rotatable bonds is 0. The summed E-state index contributed by atoms with van der Waals surface area (Å²) < 4.78 is 17.4. The normalized spacial score (nSPS) is 16.6. The molecule has 2 rings (SSSR count). The van der Waals surface area contributed by atoms with Gasteiger partial charge in [-0.2, -0.15) is 0 Å². The van der Waals surface area contributed by atoms with E-state index in [2.05, 4.69) is 9.24 Å². The molecule has 1 aromatic rings. The standard InChI is InChI=1S/C7H13NO2.C6H6FP.C2H6/c1-7(2)6(9)8(3)4-5-10-7;7-5-2-1-3-6(8)4-5;1-2/h4-5H2,1-3H3;1-4H,8H2;1-2H3. The van der Waals surface area contributed by atoms with Crippen molar-refractivity contribution in [2.45, 2.75) is 33.3 Å². The molecule has 0 aliphatic carbocycles. The molecule has 1 atom stereocenters. The first-order valence-corrected chi connectivity index (χ1v) is 7.31. The molecule has 0 radical (unpaired) electrons. The van der Waals surface area contributed by atoms with Crippen LogP contribution in [0.5, 0.6) is 0 Å². The van der Waals surface area contributed by atoms with Gasteiger partial charge in [0.2, 0.25) is 0 Å². The number of amides is 1. The second-order valence-electron chi connectivity index (χ2n) is 4.64. The van der Waals surface area contributed by atoms with Crippen molar-refractivity contribution in [3.8, 4) is 0 Å². The Morgan fingerprint density at radius 1 is 1.35 bits per heavy atom. The van der Waals surface area contributed by atoms with Crippen LogP contribution in [0, 0.1) is 5.82 Å².